The molecule has 0 fully saturated rings. The third kappa shape index (κ3) is 2.84. The fourth-order valence-corrected chi connectivity index (χ4v) is 1.95. The van der Waals surface area contributed by atoms with Crippen LogP contribution in [0, 0.1) is 5.92 Å². The average molecular weight is 294 g/mol. The molecule has 1 heterocycles. The summed E-state index contributed by atoms with van der Waals surface area (Å²) in [6, 6.07) is 6.15. The molecule has 5 nitrogen and oxygen atoms in total. The Hall–Kier alpha value is -1.85. The number of rotatable bonds is 3. The zero-order valence-corrected chi connectivity index (χ0v) is 12.0. The topological polar surface area (TPSA) is 92.0 Å². The molecule has 2 aromatic rings. The second-order valence-corrected chi connectivity index (χ2v) is 5.36. The maximum Gasteiger partial charge on any atom is 0.262 e. The van der Waals surface area contributed by atoms with Crippen LogP contribution in [0.1, 0.15) is 25.7 Å². The lowest BCUT2D eigenvalue weighted by atomic mass is 10.0. The maximum atomic E-state index is 12.1. The Morgan fingerprint density at radius 2 is 1.90 bits per heavy atom. The van der Waals surface area contributed by atoms with Crippen molar-refractivity contribution >= 4 is 11.6 Å². The van der Waals surface area contributed by atoms with Crippen molar-refractivity contribution in [1.82, 2.24) is 9.97 Å². The van der Waals surface area contributed by atoms with Gasteiger partial charge in [-0.2, -0.15) is 4.98 Å². The second-order valence-electron chi connectivity index (χ2n) is 4.93. The van der Waals surface area contributed by atoms with E-state index in [1.807, 2.05) is 13.8 Å². The molecule has 0 bridgehead atoms. The lowest BCUT2D eigenvalue weighted by Gasteiger charge is -2.15. The Labute approximate surface area is 121 Å². The van der Waals surface area contributed by atoms with Gasteiger partial charge >= 0.3 is 0 Å². The number of aromatic hydroxyl groups is 1. The minimum atomic E-state index is -0.437. The Morgan fingerprint density at radius 3 is 2.40 bits per heavy atom. The highest BCUT2D eigenvalue weighted by atomic mass is 35.5. The van der Waals surface area contributed by atoms with E-state index in [4.69, 9.17) is 17.3 Å². The van der Waals surface area contributed by atoms with Gasteiger partial charge in [-0.05, 0) is 23.6 Å². The molecule has 0 spiro atoms. The van der Waals surface area contributed by atoms with Gasteiger partial charge in [0.05, 0.1) is 6.04 Å². The van der Waals surface area contributed by atoms with Crippen LogP contribution in [0.5, 0.6) is 5.88 Å². The molecule has 0 aliphatic rings. The Bertz CT molecular complexity index is 665. The predicted octanol–water partition coefficient (Wildman–Crippen LogP) is 2.45. The number of benzene rings is 1. The van der Waals surface area contributed by atoms with E-state index in [9.17, 15) is 9.90 Å². The van der Waals surface area contributed by atoms with E-state index < -0.39 is 11.6 Å². The molecule has 0 amide bonds. The van der Waals surface area contributed by atoms with Crippen molar-refractivity contribution in [2.45, 2.75) is 19.9 Å². The van der Waals surface area contributed by atoms with Gasteiger partial charge in [0.2, 0.25) is 5.88 Å². The number of aromatic nitrogens is 2. The number of hydrogen-bond acceptors (Lipinski definition) is 4. The summed E-state index contributed by atoms with van der Waals surface area (Å²) in [6.07, 6.45) is 0. The summed E-state index contributed by atoms with van der Waals surface area (Å²) in [5, 5.41) is 10.6. The summed E-state index contributed by atoms with van der Waals surface area (Å²) in [5.74, 6) is 0.0429. The number of aromatic amines is 1. The highest BCUT2D eigenvalue weighted by Gasteiger charge is 2.18. The van der Waals surface area contributed by atoms with Crippen LogP contribution in [0.4, 0.5) is 0 Å². The molecule has 20 heavy (non-hydrogen) atoms. The van der Waals surface area contributed by atoms with Gasteiger partial charge in [0.15, 0.2) is 0 Å². The molecule has 0 radical (unpaired) electrons. The molecule has 6 heteroatoms. The lowest BCUT2D eigenvalue weighted by molar-refractivity contribution is 0.433. The molecule has 4 N–H and O–H groups in total. The van der Waals surface area contributed by atoms with Gasteiger partial charge in [-0.3, -0.25) is 4.79 Å². The minimum Gasteiger partial charge on any atom is -0.493 e. The van der Waals surface area contributed by atoms with Crippen molar-refractivity contribution in [1.29, 1.82) is 0 Å². The smallest absolute Gasteiger partial charge is 0.262 e. The molecule has 0 aliphatic heterocycles. The third-order valence-electron chi connectivity index (χ3n) is 3.09. The quantitative estimate of drug-likeness (QED) is 0.810. The Balaban J connectivity index is 2.52. The zero-order chi connectivity index (χ0) is 14.9. The minimum absolute atomic E-state index is 0.0962. The predicted molar refractivity (Wildman–Crippen MR) is 78.7 cm³/mol. The van der Waals surface area contributed by atoms with Crippen LogP contribution in [0.3, 0.4) is 0 Å². The fourth-order valence-electron chi connectivity index (χ4n) is 1.83. The van der Waals surface area contributed by atoms with Gasteiger partial charge in [-0.15, -0.1) is 0 Å². The summed E-state index contributed by atoms with van der Waals surface area (Å²) >= 11 is 5.80. The van der Waals surface area contributed by atoms with Crippen molar-refractivity contribution in [3.8, 4) is 17.0 Å². The third-order valence-corrected chi connectivity index (χ3v) is 3.34. The van der Waals surface area contributed by atoms with Crippen molar-refractivity contribution in [2.24, 2.45) is 11.7 Å². The number of nitrogens with two attached hydrogens (primary N) is 1. The fraction of sp³-hybridized carbons (Fsp3) is 0.286. The monoisotopic (exact) mass is 293 g/mol. The van der Waals surface area contributed by atoms with E-state index in [2.05, 4.69) is 9.97 Å². The number of nitrogens with zero attached hydrogens (tertiary/aromatic N) is 1. The summed E-state index contributed by atoms with van der Waals surface area (Å²) in [6.45, 7) is 3.82. The number of hydrogen-bond donors (Lipinski definition) is 3. The summed E-state index contributed by atoms with van der Waals surface area (Å²) in [7, 11) is 0. The first-order chi connectivity index (χ1) is 9.40. The van der Waals surface area contributed by atoms with E-state index in [-0.39, 0.29) is 23.2 Å². The van der Waals surface area contributed by atoms with Gasteiger partial charge in [0.1, 0.15) is 11.4 Å². The molecular weight excluding hydrogens is 278 g/mol. The van der Waals surface area contributed by atoms with Gasteiger partial charge in [0.25, 0.3) is 5.56 Å². The van der Waals surface area contributed by atoms with Crippen LogP contribution in [-0.2, 0) is 0 Å². The van der Waals surface area contributed by atoms with E-state index in [1.165, 1.54) is 0 Å². The standard InChI is InChI=1S/C14H16ClN3O2/c1-7(2)11(16)12-17-13(19)10(14(20)18-12)8-3-5-9(15)6-4-8/h3-7,11H,16H2,1-2H3,(H2,17,18,19,20). The van der Waals surface area contributed by atoms with E-state index in [0.717, 1.165) is 0 Å². The summed E-state index contributed by atoms with van der Waals surface area (Å²) < 4.78 is 0. The molecule has 1 unspecified atom stereocenters. The van der Waals surface area contributed by atoms with Crippen molar-refractivity contribution in [2.75, 3.05) is 0 Å². The Kier molecular flexibility index (Phi) is 4.11. The summed E-state index contributed by atoms with van der Waals surface area (Å²) in [5.41, 5.74) is 6.16. The largest absolute Gasteiger partial charge is 0.493 e. The van der Waals surface area contributed by atoms with E-state index in [1.54, 1.807) is 24.3 Å². The zero-order valence-electron chi connectivity index (χ0n) is 11.2. The van der Waals surface area contributed by atoms with E-state index in [0.29, 0.717) is 10.6 Å². The van der Waals surface area contributed by atoms with Gasteiger partial charge in [-0.1, -0.05) is 37.6 Å². The van der Waals surface area contributed by atoms with Gasteiger partial charge in [0, 0.05) is 5.02 Å². The van der Waals surface area contributed by atoms with Crippen LogP contribution >= 0.6 is 11.6 Å². The highest BCUT2D eigenvalue weighted by molar-refractivity contribution is 6.30. The van der Waals surface area contributed by atoms with Crippen LogP contribution < -0.4 is 11.3 Å². The molecule has 1 atom stereocenters. The van der Waals surface area contributed by atoms with Crippen LogP contribution in [0.25, 0.3) is 11.1 Å². The molecular formula is C14H16ClN3O2. The first kappa shape index (κ1) is 14.6. The van der Waals surface area contributed by atoms with Crippen molar-refractivity contribution < 1.29 is 5.11 Å². The van der Waals surface area contributed by atoms with Crippen molar-refractivity contribution in [3.05, 3.63) is 45.5 Å². The number of nitrogens with one attached hydrogen (secondary N) is 1. The van der Waals surface area contributed by atoms with Gasteiger partial charge in [-0.25, -0.2) is 0 Å². The lowest BCUT2D eigenvalue weighted by Crippen LogP contribution is -2.24. The normalized spacial score (nSPS) is 12.7. The van der Waals surface area contributed by atoms with Crippen LogP contribution in [0.2, 0.25) is 5.02 Å². The number of H-pyrrole nitrogens is 1. The molecule has 1 aromatic heterocycles. The molecule has 0 saturated heterocycles. The molecule has 1 aromatic carbocycles. The van der Waals surface area contributed by atoms with Crippen molar-refractivity contribution in [3.63, 3.8) is 0 Å². The first-order valence-electron chi connectivity index (χ1n) is 6.25. The van der Waals surface area contributed by atoms with E-state index >= 15 is 0 Å². The first-order valence-corrected chi connectivity index (χ1v) is 6.62. The van der Waals surface area contributed by atoms with Crippen LogP contribution in [0.15, 0.2) is 29.1 Å². The van der Waals surface area contributed by atoms with Gasteiger partial charge < -0.3 is 15.8 Å². The molecule has 0 saturated carbocycles. The second kappa shape index (κ2) is 5.64. The van der Waals surface area contributed by atoms with Crippen LogP contribution in [-0.4, -0.2) is 15.1 Å². The molecule has 106 valence electrons. The number of halogens is 1. The maximum absolute atomic E-state index is 12.1. The highest BCUT2D eigenvalue weighted by Crippen LogP contribution is 2.26. The SMILES string of the molecule is CC(C)C(N)c1nc(O)c(-c2ccc(Cl)cc2)c(=O)[nH]1. The molecule has 2 rings (SSSR count). The average Bonchev–Trinajstić information content (AvgIpc) is 2.39. The molecule has 0 aliphatic carbocycles. The Morgan fingerprint density at radius 1 is 1.30 bits per heavy atom. The summed E-state index contributed by atoms with van der Waals surface area (Å²) in [4.78, 5) is 18.8.